The van der Waals surface area contributed by atoms with E-state index in [1.54, 1.807) is 20.8 Å². The highest BCUT2D eigenvalue weighted by Gasteiger charge is 2.31. The van der Waals surface area contributed by atoms with Gasteiger partial charge in [-0.3, -0.25) is 19.2 Å². The molecule has 0 aliphatic carbocycles. The largest absolute Gasteiger partial charge is 0.480 e. The Kier molecular flexibility index (Phi) is 11.6. The van der Waals surface area contributed by atoms with E-state index in [0.29, 0.717) is 6.42 Å². The van der Waals surface area contributed by atoms with Gasteiger partial charge in [-0.1, -0.05) is 34.1 Å². The monoisotopic (exact) mass is 429 g/mol. The van der Waals surface area contributed by atoms with Gasteiger partial charge in [-0.15, -0.1) is 0 Å². The first-order valence-electron chi connectivity index (χ1n) is 9.99. The van der Waals surface area contributed by atoms with E-state index < -0.39 is 53.8 Å². The van der Waals surface area contributed by atoms with E-state index in [4.69, 9.17) is 11.5 Å². The first kappa shape index (κ1) is 27.3. The fourth-order valence-corrected chi connectivity index (χ4v) is 2.55. The average Bonchev–Trinajstić information content (AvgIpc) is 2.66. The highest BCUT2D eigenvalue weighted by Crippen LogP contribution is 2.10. The van der Waals surface area contributed by atoms with Gasteiger partial charge in [0.1, 0.15) is 18.1 Å². The second-order valence-corrected chi connectivity index (χ2v) is 7.78. The van der Waals surface area contributed by atoms with Crippen LogP contribution in [-0.2, 0) is 24.0 Å². The lowest BCUT2D eigenvalue weighted by atomic mass is 9.97. The minimum absolute atomic E-state index is 0.0423. The van der Waals surface area contributed by atoms with Gasteiger partial charge in [-0.2, -0.15) is 0 Å². The van der Waals surface area contributed by atoms with Crippen LogP contribution in [0.4, 0.5) is 0 Å². The van der Waals surface area contributed by atoms with Gasteiger partial charge >= 0.3 is 5.97 Å². The smallest absolute Gasteiger partial charge is 0.326 e. The van der Waals surface area contributed by atoms with E-state index in [9.17, 15) is 29.1 Å². The van der Waals surface area contributed by atoms with Crippen LogP contribution in [0.2, 0.25) is 0 Å². The van der Waals surface area contributed by atoms with Crippen LogP contribution in [-0.4, -0.2) is 58.9 Å². The van der Waals surface area contributed by atoms with Crippen LogP contribution in [0.3, 0.4) is 0 Å². The highest BCUT2D eigenvalue weighted by atomic mass is 16.4. The number of aliphatic carboxylic acids is 1. The topological polar surface area (TPSA) is 194 Å². The third-order valence-electron chi connectivity index (χ3n) is 4.81. The predicted octanol–water partition coefficient (Wildman–Crippen LogP) is -1.16. The molecule has 0 spiro atoms. The predicted molar refractivity (Wildman–Crippen MR) is 110 cm³/mol. The summed E-state index contributed by atoms with van der Waals surface area (Å²) in [5.74, 6) is -4.24. The zero-order chi connectivity index (χ0) is 23.6. The molecule has 5 unspecified atom stereocenters. The number of hydrogen-bond acceptors (Lipinski definition) is 6. The molecular weight excluding hydrogens is 394 g/mol. The number of hydrogen-bond donors (Lipinski definition) is 6. The minimum Gasteiger partial charge on any atom is -0.480 e. The Labute approximate surface area is 176 Å². The first-order valence-corrected chi connectivity index (χ1v) is 9.99. The summed E-state index contributed by atoms with van der Waals surface area (Å²) in [7, 11) is 0. The van der Waals surface area contributed by atoms with Gasteiger partial charge < -0.3 is 32.5 Å². The lowest BCUT2D eigenvalue weighted by Crippen LogP contribution is -2.58. The number of carbonyl (C=O) groups excluding carboxylic acids is 4. The van der Waals surface area contributed by atoms with Crippen LogP contribution in [0.25, 0.3) is 0 Å². The Bertz CT molecular complexity index is 639. The number of nitrogens with two attached hydrogens (primary N) is 2. The number of amides is 4. The van der Waals surface area contributed by atoms with Crippen molar-refractivity contribution >= 4 is 29.6 Å². The number of carboxylic acid groups (broad SMARTS) is 1. The van der Waals surface area contributed by atoms with E-state index in [-0.39, 0.29) is 24.7 Å². The highest BCUT2D eigenvalue weighted by molar-refractivity contribution is 5.94. The van der Waals surface area contributed by atoms with E-state index in [1.165, 1.54) is 6.92 Å². The Morgan fingerprint density at radius 3 is 1.83 bits per heavy atom. The van der Waals surface area contributed by atoms with Crippen LogP contribution in [0, 0.1) is 11.8 Å². The van der Waals surface area contributed by atoms with Crippen molar-refractivity contribution in [2.24, 2.45) is 23.3 Å². The maximum atomic E-state index is 12.7. The maximum Gasteiger partial charge on any atom is 0.326 e. The van der Waals surface area contributed by atoms with Crippen LogP contribution in [0.1, 0.15) is 53.9 Å². The molecule has 8 N–H and O–H groups in total. The summed E-state index contributed by atoms with van der Waals surface area (Å²) < 4.78 is 0. The number of primary amides is 1. The summed E-state index contributed by atoms with van der Waals surface area (Å²) >= 11 is 0. The van der Waals surface area contributed by atoms with Crippen molar-refractivity contribution in [3.63, 3.8) is 0 Å². The van der Waals surface area contributed by atoms with Gasteiger partial charge in [0.05, 0.1) is 6.04 Å². The molecular formula is C19H35N5O6. The van der Waals surface area contributed by atoms with Crippen LogP contribution >= 0.6 is 0 Å². The second kappa shape index (κ2) is 12.8. The van der Waals surface area contributed by atoms with E-state index in [0.717, 1.165) is 0 Å². The molecule has 0 aromatic heterocycles. The van der Waals surface area contributed by atoms with Crippen LogP contribution in [0.5, 0.6) is 0 Å². The number of carboxylic acids is 1. The molecule has 0 saturated carbocycles. The quantitative estimate of drug-likeness (QED) is 0.212. The second-order valence-electron chi connectivity index (χ2n) is 7.78. The van der Waals surface area contributed by atoms with Crippen LogP contribution in [0.15, 0.2) is 0 Å². The van der Waals surface area contributed by atoms with Crippen molar-refractivity contribution in [1.29, 1.82) is 0 Å². The first-order chi connectivity index (χ1) is 13.8. The summed E-state index contributed by atoms with van der Waals surface area (Å²) in [6.07, 6.45) is 0.539. The summed E-state index contributed by atoms with van der Waals surface area (Å²) in [6, 6.07) is -4.09. The molecule has 11 nitrogen and oxygen atoms in total. The van der Waals surface area contributed by atoms with Crippen LogP contribution < -0.4 is 27.4 Å². The Hall–Kier alpha value is -2.69. The zero-order valence-corrected chi connectivity index (χ0v) is 18.2. The van der Waals surface area contributed by atoms with Gasteiger partial charge in [-0.05, 0) is 25.2 Å². The molecule has 0 saturated heterocycles. The van der Waals surface area contributed by atoms with Gasteiger partial charge in [-0.25, -0.2) is 4.79 Å². The Morgan fingerprint density at radius 1 is 0.867 bits per heavy atom. The van der Waals surface area contributed by atoms with E-state index in [1.807, 2.05) is 6.92 Å². The summed E-state index contributed by atoms with van der Waals surface area (Å²) in [5.41, 5.74) is 10.8. The minimum atomic E-state index is -1.17. The van der Waals surface area contributed by atoms with Gasteiger partial charge in [0.15, 0.2) is 0 Å². The summed E-state index contributed by atoms with van der Waals surface area (Å²) in [4.78, 5) is 59.4. The molecule has 0 aliphatic heterocycles. The molecule has 5 atom stereocenters. The van der Waals surface area contributed by atoms with Gasteiger partial charge in [0.2, 0.25) is 23.6 Å². The molecule has 0 bridgehead atoms. The fourth-order valence-electron chi connectivity index (χ4n) is 2.55. The van der Waals surface area contributed by atoms with Crippen molar-refractivity contribution in [1.82, 2.24) is 16.0 Å². The SMILES string of the molecule is CCC(C)C(NC(=O)C(N)CCC(N)=O)C(=O)NC(C)C(=O)NC(C(=O)O)C(C)C. The Balaban J connectivity index is 5.10. The average molecular weight is 430 g/mol. The fraction of sp³-hybridized carbons (Fsp3) is 0.737. The zero-order valence-electron chi connectivity index (χ0n) is 18.2. The lowest BCUT2D eigenvalue weighted by molar-refractivity contribution is -0.143. The van der Waals surface area contributed by atoms with Crippen molar-refractivity contribution in [2.75, 3.05) is 0 Å². The summed E-state index contributed by atoms with van der Waals surface area (Å²) in [6.45, 7) is 8.31. The van der Waals surface area contributed by atoms with Crippen molar-refractivity contribution in [3.8, 4) is 0 Å². The number of rotatable bonds is 13. The van der Waals surface area contributed by atoms with E-state index >= 15 is 0 Å². The van der Waals surface area contributed by atoms with Crippen molar-refractivity contribution in [2.45, 2.75) is 78.0 Å². The molecule has 172 valence electrons. The molecule has 0 fully saturated rings. The molecule has 0 aromatic carbocycles. The van der Waals surface area contributed by atoms with Gasteiger partial charge in [0, 0.05) is 6.42 Å². The van der Waals surface area contributed by atoms with Crippen molar-refractivity contribution in [3.05, 3.63) is 0 Å². The molecule has 0 rings (SSSR count). The normalized spacial score (nSPS) is 16.0. The standard InChI is InChI=1S/C19H35N5O6/c1-6-10(4)15(24-17(27)12(20)7-8-13(21)25)18(28)22-11(5)16(26)23-14(9(2)3)19(29)30/h9-12,14-15H,6-8,20H2,1-5H3,(H2,21,25)(H,22,28)(H,23,26)(H,24,27)(H,29,30). The molecule has 30 heavy (non-hydrogen) atoms. The third-order valence-corrected chi connectivity index (χ3v) is 4.81. The number of carbonyl (C=O) groups is 5. The molecule has 0 radical (unpaired) electrons. The van der Waals surface area contributed by atoms with E-state index in [2.05, 4.69) is 16.0 Å². The lowest BCUT2D eigenvalue weighted by Gasteiger charge is -2.27. The molecule has 4 amide bonds. The Morgan fingerprint density at radius 2 is 1.40 bits per heavy atom. The molecule has 0 heterocycles. The molecule has 11 heteroatoms. The summed E-state index contributed by atoms with van der Waals surface area (Å²) in [5, 5.41) is 16.6. The number of nitrogens with one attached hydrogen (secondary N) is 3. The van der Waals surface area contributed by atoms with Crippen molar-refractivity contribution < 1.29 is 29.1 Å². The molecule has 0 aliphatic rings. The third kappa shape index (κ3) is 9.21. The van der Waals surface area contributed by atoms with Gasteiger partial charge in [0.25, 0.3) is 0 Å². The maximum absolute atomic E-state index is 12.7. The molecule has 0 aromatic rings.